The molecule has 3 nitrogen and oxygen atoms in total. The number of nitrogens with one attached hydrogen (secondary N) is 1. The fraction of sp³-hybridized carbons (Fsp3) is 0.364. The van der Waals surface area contributed by atoms with Crippen molar-refractivity contribution in [3.63, 3.8) is 0 Å². The molecule has 1 aromatic rings. The second-order valence-electron chi connectivity index (χ2n) is 3.48. The molecular weight excluding hydrogens is 305 g/mol. The molecule has 15 heavy (non-hydrogen) atoms. The van der Waals surface area contributed by atoms with Gasteiger partial charge in [0.2, 0.25) is 0 Å². The molecule has 0 saturated carbocycles. The maximum atomic E-state index is 10.4. The van der Waals surface area contributed by atoms with Gasteiger partial charge in [-0.2, -0.15) is 0 Å². The summed E-state index contributed by atoms with van der Waals surface area (Å²) >= 11 is 2.25. The molecule has 4 heteroatoms. The summed E-state index contributed by atoms with van der Waals surface area (Å²) in [6.45, 7) is 1.99. The summed E-state index contributed by atoms with van der Waals surface area (Å²) in [5.41, 5.74) is 1.04. The molecule has 0 aliphatic carbocycles. The Morgan fingerprint density at radius 2 is 2.07 bits per heavy atom. The number of carboxylic acid groups (broad SMARTS) is 1. The van der Waals surface area contributed by atoms with E-state index in [2.05, 4.69) is 27.9 Å². The number of benzene rings is 1. The molecule has 1 rings (SSSR count). The van der Waals surface area contributed by atoms with Crippen molar-refractivity contribution in [1.29, 1.82) is 0 Å². The molecule has 1 unspecified atom stereocenters. The van der Waals surface area contributed by atoms with Gasteiger partial charge in [-0.15, -0.1) is 0 Å². The first-order chi connectivity index (χ1) is 7.08. The van der Waals surface area contributed by atoms with Crippen molar-refractivity contribution in [2.75, 3.05) is 5.32 Å². The minimum Gasteiger partial charge on any atom is -0.481 e. The van der Waals surface area contributed by atoms with Crippen molar-refractivity contribution in [2.24, 2.45) is 0 Å². The molecule has 1 aromatic carbocycles. The topological polar surface area (TPSA) is 49.3 Å². The predicted octanol–water partition coefficient (Wildman–Crippen LogP) is 2.96. The number of carbonyl (C=O) groups is 1. The zero-order chi connectivity index (χ0) is 11.3. The summed E-state index contributed by atoms with van der Waals surface area (Å²) in [7, 11) is 0. The molecule has 0 spiro atoms. The third-order valence-corrected chi connectivity index (χ3v) is 2.77. The highest BCUT2D eigenvalue weighted by molar-refractivity contribution is 14.1. The number of halogens is 1. The van der Waals surface area contributed by atoms with Crippen LogP contribution < -0.4 is 5.32 Å². The van der Waals surface area contributed by atoms with Crippen molar-refractivity contribution < 1.29 is 9.90 Å². The Labute approximate surface area is 103 Å². The Bertz CT molecular complexity index is 324. The molecule has 0 aliphatic rings. The van der Waals surface area contributed by atoms with E-state index in [0.29, 0.717) is 6.42 Å². The molecule has 0 radical (unpaired) electrons. The van der Waals surface area contributed by atoms with E-state index in [4.69, 9.17) is 5.11 Å². The van der Waals surface area contributed by atoms with Gasteiger partial charge in [0.15, 0.2) is 0 Å². The van der Waals surface area contributed by atoms with Crippen LogP contribution in [0.5, 0.6) is 0 Å². The lowest BCUT2D eigenvalue weighted by Gasteiger charge is -2.13. The van der Waals surface area contributed by atoms with E-state index in [1.807, 2.05) is 31.2 Å². The molecule has 82 valence electrons. The van der Waals surface area contributed by atoms with Gasteiger partial charge in [0.05, 0.1) is 0 Å². The van der Waals surface area contributed by atoms with Gasteiger partial charge in [-0.3, -0.25) is 4.79 Å². The molecule has 0 amide bonds. The van der Waals surface area contributed by atoms with Gasteiger partial charge < -0.3 is 10.4 Å². The standard InChI is InChI=1S/C11H14INO2/c1-8(2-7-11(14)15)13-10-5-3-9(12)4-6-10/h3-6,8,13H,2,7H2,1H3,(H,14,15). The van der Waals surface area contributed by atoms with Crippen molar-refractivity contribution in [1.82, 2.24) is 0 Å². The number of aliphatic carboxylic acids is 1. The lowest BCUT2D eigenvalue weighted by molar-refractivity contribution is -0.137. The van der Waals surface area contributed by atoms with Crippen molar-refractivity contribution in [3.05, 3.63) is 27.8 Å². The van der Waals surface area contributed by atoms with Crippen LogP contribution in [0.15, 0.2) is 24.3 Å². The molecule has 0 aliphatic heterocycles. The minimum atomic E-state index is -0.744. The zero-order valence-corrected chi connectivity index (χ0v) is 10.7. The second kappa shape index (κ2) is 5.95. The highest BCUT2D eigenvalue weighted by Crippen LogP contribution is 2.13. The van der Waals surface area contributed by atoms with Crippen molar-refractivity contribution in [2.45, 2.75) is 25.8 Å². The highest BCUT2D eigenvalue weighted by atomic mass is 127. The Morgan fingerprint density at radius 1 is 1.47 bits per heavy atom. The van der Waals surface area contributed by atoms with Gasteiger partial charge in [0.25, 0.3) is 0 Å². The number of hydrogen-bond acceptors (Lipinski definition) is 2. The highest BCUT2D eigenvalue weighted by Gasteiger charge is 2.04. The van der Waals surface area contributed by atoms with Gasteiger partial charge in [-0.1, -0.05) is 0 Å². The Hall–Kier alpha value is -0.780. The average molecular weight is 319 g/mol. The van der Waals surface area contributed by atoms with E-state index in [1.54, 1.807) is 0 Å². The summed E-state index contributed by atoms with van der Waals surface area (Å²) in [6, 6.07) is 8.22. The first kappa shape index (κ1) is 12.3. The minimum absolute atomic E-state index is 0.182. The van der Waals surface area contributed by atoms with E-state index in [9.17, 15) is 4.79 Å². The second-order valence-corrected chi connectivity index (χ2v) is 4.73. The molecule has 0 heterocycles. The van der Waals surface area contributed by atoms with Crippen LogP contribution in [0.2, 0.25) is 0 Å². The number of hydrogen-bond donors (Lipinski definition) is 2. The van der Waals surface area contributed by atoms with E-state index in [1.165, 1.54) is 3.57 Å². The van der Waals surface area contributed by atoms with E-state index < -0.39 is 5.97 Å². The lowest BCUT2D eigenvalue weighted by atomic mass is 10.1. The van der Waals surface area contributed by atoms with Gasteiger partial charge in [0, 0.05) is 21.7 Å². The first-order valence-electron chi connectivity index (χ1n) is 4.82. The lowest BCUT2D eigenvalue weighted by Crippen LogP contribution is -2.16. The fourth-order valence-corrected chi connectivity index (χ4v) is 1.60. The Kier molecular flexibility index (Phi) is 4.87. The number of rotatable bonds is 5. The fourth-order valence-electron chi connectivity index (χ4n) is 1.24. The molecule has 1 atom stereocenters. The monoisotopic (exact) mass is 319 g/mol. The van der Waals surface area contributed by atoms with E-state index in [-0.39, 0.29) is 12.5 Å². The average Bonchev–Trinajstić information content (AvgIpc) is 2.19. The Morgan fingerprint density at radius 3 is 2.60 bits per heavy atom. The van der Waals surface area contributed by atoms with Gasteiger partial charge in [-0.05, 0) is 60.2 Å². The first-order valence-corrected chi connectivity index (χ1v) is 5.89. The third kappa shape index (κ3) is 5.01. The predicted molar refractivity (Wildman–Crippen MR) is 69.1 cm³/mol. The molecule has 0 bridgehead atoms. The quantitative estimate of drug-likeness (QED) is 0.821. The van der Waals surface area contributed by atoms with E-state index >= 15 is 0 Å². The summed E-state index contributed by atoms with van der Waals surface area (Å²) < 4.78 is 1.19. The van der Waals surface area contributed by atoms with Crippen LogP contribution in [-0.2, 0) is 4.79 Å². The summed E-state index contributed by atoms with van der Waals surface area (Å²) in [6.07, 6.45) is 0.847. The molecule has 0 fully saturated rings. The molecule has 0 saturated heterocycles. The number of carboxylic acids is 1. The van der Waals surface area contributed by atoms with Gasteiger partial charge in [-0.25, -0.2) is 0 Å². The zero-order valence-electron chi connectivity index (χ0n) is 8.53. The van der Waals surface area contributed by atoms with Gasteiger partial charge in [0.1, 0.15) is 0 Å². The van der Waals surface area contributed by atoms with Crippen molar-refractivity contribution >= 4 is 34.2 Å². The molecule has 2 N–H and O–H groups in total. The summed E-state index contributed by atoms with van der Waals surface area (Å²) in [4.78, 5) is 10.4. The van der Waals surface area contributed by atoms with Crippen LogP contribution in [0, 0.1) is 3.57 Å². The van der Waals surface area contributed by atoms with Crippen LogP contribution >= 0.6 is 22.6 Å². The van der Waals surface area contributed by atoms with Crippen LogP contribution in [0.1, 0.15) is 19.8 Å². The van der Waals surface area contributed by atoms with Crippen LogP contribution in [0.25, 0.3) is 0 Å². The number of anilines is 1. The third-order valence-electron chi connectivity index (χ3n) is 2.05. The van der Waals surface area contributed by atoms with E-state index in [0.717, 1.165) is 5.69 Å². The van der Waals surface area contributed by atoms with Crippen molar-refractivity contribution in [3.8, 4) is 0 Å². The SMILES string of the molecule is CC(CCC(=O)O)Nc1ccc(I)cc1. The smallest absolute Gasteiger partial charge is 0.303 e. The normalized spacial score (nSPS) is 12.1. The maximum absolute atomic E-state index is 10.4. The molecular formula is C11H14INO2. The Balaban J connectivity index is 2.40. The maximum Gasteiger partial charge on any atom is 0.303 e. The summed E-state index contributed by atoms with van der Waals surface area (Å²) in [5, 5.41) is 11.8. The van der Waals surface area contributed by atoms with Crippen LogP contribution in [0.3, 0.4) is 0 Å². The van der Waals surface area contributed by atoms with Crippen LogP contribution in [-0.4, -0.2) is 17.1 Å². The largest absolute Gasteiger partial charge is 0.481 e. The van der Waals surface area contributed by atoms with Gasteiger partial charge >= 0.3 is 5.97 Å². The summed E-state index contributed by atoms with van der Waals surface area (Å²) in [5.74, 6) is -0.744. The van der Waals surface area contributed by atoms with Crippen LogP contribution in [0.4, 0.5) is 5.69 Å². The molecule has 0 aromatic heterocycles.